The third-order valence-electron chi connectivity index (χ3n) is 5.86. The van der Waals surface area contributed by atoms with Crippen molar-refractivity contribution >= 4 is 51.2 Å². The highest BCUT2D eigenvalue weighted by atomic mass is 32.1. The van der Waals surface area contributed by atoms with Crippen LogP contribution in [-0.4, -0.2) is 21.9 Å². The number of anilines is 1. The lowest BCUT2D eigenvalue weighted by Crippen LogP contribution is -2.34. The Labute approximate surface area is 195 Å². The second-order valence-electron chi connectivity index (χ2n) is 9.04. The molecule has 1 atom stereocenters. The van der Waals surface area contributed by atoms with Crippen LogP contribution >= 0.6 is 23.6 Å². The maximum Gasteiger partial charge on any atom is 0.273 e. The number of thiocarbonyl (C=S) groups is 1. The van der Waals surface area contributed by atoms with Gasteiger partial charge in [0.05, 0.1) is 10.5 Å². The molecular weight excluding hydrogens is 448 g/mol. The number of nitrogens with zero attached hydrogens (tertiary/aromatic N) is 1. The average Bonchev–Trinajstić information content (AvgIpc) is 3.04. The number of benzene rings is 1. The van der Waals surface area contributed by atoms with Crippen LogP contribution in [-0.2, 0) is 12.8 Å². The Bertz CT molecular complexity index is 1120. The normalized spacial score (nSPS) is 15.6. The summed E-state index contributed by atoms with van der Waals surface area (Å²) in [4.78, 5) is 36.4. The van der Waals surface area contributed by atoms with Gasteiger partial charge < -0.3 is 11.1 Å². The summed E-state index contributed by atoms with van der Waals surface area (Å²) < 4.78 is 0. The van der Waals surface area contributed by atoms with Crippen molar-refractivity contribution in [1.82, 2.24) is 5.32 Å². The van der Waals surface area contributed by atoms with E-state index < -0.39 is 16.7 Å². The zero-order valence-corrected chi connectivity index (χ0v) is 20.0. The molecule has 32 heavy (non-hydrogen) atoms. The van der Waals surface area contributed by atoms with E-state index in [-0.39, 0.29) is 21.8 Å². The van der Waals surface area contributed by atoms with Crippen LogP contribution < -0.4 is 16.4 Å². The summed E-state index contributed by atoms with van der Waals surface area (Å²) in [5.74, 6) is -0.631. The summed E-state index contributed by atoms with van der Waals surface area (Å²) in [5, 5.41) is 17.1. The van der Waals surface area contributed by atoms with Crippen LogP contribution in [0.1, 0.15) is 63.9 Å². The topological polar surface area (TPSA) is 127 Å². The van der Waals surface area contributed by atoms with Crippen molar-refractivity contribution in [2.75, 3.05) is 5.32 Å². The number of hydrogen-bond donors (Lipinski definition) is 3. The second kappa shape index (κ2) is 8.95. The number of amides is 2. The Kier molecular flexibility index (Phi) is 6.66. The number of rotatable bonds is 4. The second-order valence-corrected chi connectivity index (χ2v) is 10.6. The summed E-state index contributed by atoms with van der Waals surface area (Å²) >= 11 is 6.70. The molecule has 4 N–H and O–H groups in total. The van der Waals surface area contributed by atoms with E-state index in [0.717, 1.165) is 29.7 Å². The molecule has 1 aliphatic carbocycles. The van der Waals surface area contributed by atoms with Gasteiger partial charge in [0.2, 0.25) is 0 Å². The lowest BCUT2D eigenvalue weighted by Gasteiger charge is -2.33. The minimum Gasteiger partial charge on any atom is -0.365 e. The van der Waals surface area contributed by atoms with Gasteiger partial charge in [0.15, 0.2) is 5.11 Å². The number of aryl methyl sites for hydroxylation is 1. The molecule has 0 spiro atoms. The first-order valence-corrected chi connectivity index (χ1v) is 11.4. The molecule has 2 amide bonds. The Balaban J connectivity index is 1.79. The molecule has 0 saturated carbocycles. The molecule has 1 unspecified atom stereocenters. The van der Waals surface area contributed by atoms with E-state index in [4.69, 9.17) is 18.0 Å². The fourth-order valence-corrected chi connectivity index (χ4v) is 5.53. The van der Waals surface area contributed by atoms with Crippen LogP contribution in [0.3, 0.4) is 0 Å². The molecule has 0 aliphatic heterocycles. The molecule has 0 fully saturated rings. The highest BCUT2D eigenvalue weighted by Gasteiger charge is 2.33. The summed E-state index contributed by atoms with van der Waals surface area (Å²) in [5.41, 5.74) is 7.61. The third kappa shape index (κ3) is 4.97. The standard InChI is InChI=1S/C22H26N4O4S2/c1-11-5-6-12(9-15(11)26(29)30)19(28)24-21(31)25-20-17(18(23)27)14-8-7-13(22(2,3)4)10-16(14)32-20/h5-6,9,13H,7-8,10H2,1-4H3,(H2,23,27)(H2,24,25,28,31). The summed E-state index contributed by atoms with van der Waals surface area (Å²) in [6.07, 6.45) is 2.60. The SMILES string of the molecule is Cc1ccc(C(=O)NC(=S)Nc2sc3c(c2C(N)=O)CCC(C(C)(C)C)C3)cc1[N+](=O)[O-]. The van der Waals surface area contributed by atoms with Crippen LogP contribution in [0.15, 0.2) is 18.2 Å². The highest BCUT2D eigenvalue weighted by molar-refractivity contribution is 7.80. The zero-order valence-electron chi connectivity index (χ0n) is 18.4. The largest absolute Gasteiger partial charge is 0.365 e. The van der Waals surface area contributed by atoms with Gasteiger partial charge >= 0.3 is 0 Å². The first-order chi connectivity index (χ1) is 14.9. The number of nitro groups is 1. The van der Waals surface area contributed by atoms with Gasteiger partial charge in [-0.3, -0.25) is 25.0 Å². The molecule has 1 aromatic carbocycles. The predicted octanol–water partition coefficient (Wildman–Crippen LogP) is 4.34. The lowest BCUT2D eigenvalue weighted by atomic mass is 9.72. The molecule has 0 radical (unpaired) electrons. The van der Waals surface area contributed by atoms with E-state index in [1.807, 2.05) is 0 Å². The Morgan fingerprint density at radius 2 is 2.00 bits per heavy atom. The monoisotopic (exact) mass is 474 g/mol. The van der Waals surface area contributed by atoms with Gasteiger partial charge in [0.1, 0.15) is 5.00 Å². The predicted molar refractivity (Wildman–Crippen MR) is 129 cm³/mol. The van der Waals surface area contributed by atoms with Crippen LogP contribution in [0.2, 0.25) is 0 Å². The van der Waals surface area contributed by atoms with E-state index in [1.165, 1.54) is 29.5 Å². The van der Waals surface area contributed by atoms with E-state index in [1.54, 1.807) is 6.92 Å². The average molecular weight is 475 g/mol. The zero-order chi connectivity index (χ0) is 23.8. The summed E-state index contributed by atoms with van der Waals surface area (Å²) in [6, 6.07) is 4.21. The van der Waals surface area contributed by atoms with E-state index >= 15 is 0 Å². The van der Waals surface area contributed by atoms with Gasteiger partial charge in [-0.15, -0.1) is 11.3 Å². The van der Waals surface area contributed by atoms with Crippen molar-refractivity contribution in [2.24, 2.45) is 17.1 Å². The lowest BCUT2D eigenvalue weighted by molar-refractivity contribution is -0.385. The van der Waals surface area contributed by atoms with E-state index in [0.29, 0.717) is 22.0 Å². The molecule has 8 nitrogen and oxygen atoms in total. The quantitative estimate of drug-likeness (QED) is 0.344. The van der Waals surface area contributed by atoms with Crippen LogP contribution in [0, 0.1) is 28.4 Å². The van der Waals surface area contributed by atoms with Crippen LogP contribution in [0.25, 0.3) is 0 Å². The van der Waals surface area contributed by atoms with Crippen molar-refractivity contribution < 1.29 is 14.5 Å². The molecule has 2 aromatic rings. The number of carbonyl (C=O) groups excluding carboxylic acids is 2. The van der Waals surface area contributed by atoms with E-state index in [9.17, 15) is 19.7 Å². The van der Waals surface area contributed by atoms with Gasteiger partial charge in [-0.05, 0) is 61.4 Å². The number of primary amides is 1. The summed E-state index contributed by atoms with van der Waals surface area (Å²) in [7, 11) is 0. The molecule has 170 valence electrons. The van der Waals surface area contributed by atoms with Crippen LogP contribution in [0.5, 0.6) is 0 Å². The Morgan fingerprint density at radius 3 is 2.59 bits per heavy atom. The Morgan fingerprint density at radius 1 is 1.31 bits per heavy atom. The van der Waals surface area contributed by atoms with Gasteiger partial charge in [-0.25, -0.2) is 0 Å². The molecule has 1 heterocycles. The smallest absolute Gasteiger partial charge is 0.273 e. The minimum absolute atomic E-state index is 0.00769. The number of fused-ring (bicyclic) bond motifs is 1. The van der Waals surface area contributed by atoms with Crippen LogP contribution in [0.4, 0.5) is 10.7 Å². The molecule has 1 aliphatic rings. The highest BCUT2D eigenvalue weighted by Crippen LogP contribution is 2.44. The number of thiophene rings is 1. The number of carbonyl (C=O) groups is 2. The maximum atomic E-state index is 12.5. The Hall–Kier alpha value is -2.85. The molecular formula is C22H26N4O4S2. The van der Waals surface area contributed by atoms with Crippen molar-refractivity contribution in [1.29, 1.82) is 0 Å². The number of nitrogens with two attached hydrogens (primary N) is 1. The maximum absolute atomic E-state index is 12.5. The fraction of sp³-hybridized carbons (Fsp3) is 0.409. The van der Waals surface area contributed by atoms with E-state index in [2.05, 4.69) is 31.4 Å². The van der Waals surface area contributed by atoms with Crippen molar-refractivity contribution in [3.05, 3.63) is 55.4 Å². The minimum atomic E-state index is -0.583. The van der Waals surface area contributed by atoms with Crippen molar-refractivity contribution in [3.8, 4) is 0 Å². The number of nitro benzene ring substituents is 1. The van der Waals surface area contributed by atoms with Gasteiger partial charge in [-0.2, -0.15) is 0 Å². The fourth-order valence-electron chi connectivity index (χ4n) is 3.93. The first-order valence-electron chi connectivity index (χ1n) is 10.2. The molecule has 1 aromatic heterocycles. The first kappa shape index (κ1) is 23.8. The number of nitrogens with one attached hydrogen (secondary N) is 2. The van der Waals surface area contributed by atoms with Crippen molar-refractivity contribution in [2.45, 2.75) is 47.0 Å². The van der Waals surface area contributed by atoms with Gasteiger partial charge in [0.25, 0.3) is 17.5 Å². The van der Waals surface area contributed by atoms with Gasteiger partial charge in [0, 0.05) is 22.1 Å². The number of hydrogen-bond acceptors (Lipinski definition) is 6. The van der Waals surface area contributed by atoms with Gasteiger partial charge in [-0.1, -0.05) is 26.8 Å². The summed E-state index contributed by atoms with van der Waals surface area (Å²) in [6.45, 7) is 8.24. The van der Waals surface area contributed by atoms with Crippen molar-refractivity contribution in [3.63, 3.8) is 0 Å². The molecule has 3 rings (SSSR count). The molecule has 10 heteroatoms. The molecule has 0 saturated heterocycles. The third-order valence-corrected chi connectivity index (χ3v) is 7.23. The molecule has 0 bridgehead atoms.